The normalized spacial score (nSPS) is 13.1. The Morgan fingerprint density at radius 3 is 1.88 bits per heavy atom. The quantitative estimate of drug-likeness (QED) is 0.149. The van der Waals surface area contributed by atoms with Crippen molar-refractivity contribution in [3.63, 3.8) is 0 Å². The molecule has 0 saturated heterocycles. The van der Waals surface area contributed by atoms with E-state index in [0.29, 0.717) is 11.5 Å². The van der Waals surface area contributed by atoms with Gasteiger partial charge in [-0.2, -0.15) is 0 Å². The molecule has 1 aliphatic heterocycles. The number of nitrogens with zero attached hydrogens (tertiary/aromatic N) is 4. The molecular formula is C53H48N4OPt-2. The summed E-state index contributed by atoms with van der Waals surface area (Å²) in [7, 11) is 0. The van der Waals surface area contributed by atoms with Gasteiger partial charge in [0.05, 0.1) is 0 Å². The molecule has 1 aliphatic rings. The number of fused-ring (bicyclic) bond motifs is 2. The van der Waals surface area contributed by atoms with Crippen LogP contribution in [0.1, 0.15) is 64.7 Å². The van der Waals surface area contributed by atoms with Crippen LogP contribution in [0.3, 0.4) is 0 Å². The summed E-state index contributed by atoms with van der Waals surface area (Å²) < 4.78 is 12.6. The first-order chi connectivity index (χ1) is 28.4. The van der Waals surface area contributed by atoms with Crippen molar-refractivity contribution < 1.29 is 24.1 Å². The number of aromatic nitrogens is 3. The second-order valence-electron chi connectivity index (χ2n) is 17.4. The van der Waals surface area contributed by atoms with Gasteiger partial charge in [-0.15, -0.1) is 0 Å². The van der Waals surface area contributed by atoms with Gasteiger partial charge in [-0.05, 0) is 17.0 Å². The third kappa shape index (κ3) is 7.54. The predicted molar refractivity (Wildman–Crippen MR) is 238 cm³/mol. The Hall–Kier alpha value is -5.77. The van der Waals surface area contributed by atoms with Crippen LogP contribution in [0, 0.1) is 15.9 Å². The Bertz CT molecular complexity index is 2820. The summed E-state index contributed by atoms with van der Waals surface area (Å²) in [4.78, 5) is 7.13. The molecule has 0 atom stereocenters. The van der Waals surface area contributed by atoms with E-state index in [4.69, 9.17) is 9.72 Å². The van der Waals surface area contributed by atoms with Gasteiger partial charge < -0.3 is 0 Å². The van der Waals surface area contributed by atoms with Crippen LogP contribution in [-0.2, 0) is 36.6 Å². The number of imidazole rings is 1. The SMILES string of the molecule is CC(C)(C)c1cc(Oc2[c-]c3c(cc2)CCCN3c2cc(C(C)(C)C)ccn2)[c-]c(-n2[c](=[Pt])n(-c3c(-c4ccccc4)cccc3-c3ccccc3)c3ccccc32)c1. The van der Waals surface area contributed by atoms with Crippen molar-refractivity contribution in [1.82, 2.24) is 14.1 Å². The Morgan fingerprint density at radius 1 is 0.610 bits per heavy atom. The fourth-order valence-electron chi connectivity index (χ4n) is 8.09. The number of para-hydroxylation sites is 3. The van der Waals surface area contributed by atoms with Gasteiger partial charge in [-0.3, -0.25) is 0 Å². The fraction of sp³-hybridized carbons (Fsp3) is 0.208. The number of hydrogen-bond acceptors (Lipinski definition) is 3. The first-order valence-electron chi connectivity index (χ1n) is 20.4. The summed E-state index contributed by atoms with van der Waals surface area (Å²) >= 11 is 2.50. The van der Waals surface area contributed by atoms with Gasteiger partial charge in [0, 0.05) is 6.20 Å². The minimum atomic E-state index is -0.160. The van der Waals surface area contributed by atoms with Crippen LogP contribution in [0.5, 0.6) is 11.5 Å². The van der Waals surface area contributed by atoms with E-state index in [-0.39, 0.29) is 10.8 Å². The van der Waals surface area contributed by atoms with Gasteiger partial charge in [0.1, 0.15) is 0 Å². The van der Waals surface area contributed by atoms with Crippen molar-refractivity contribution in [3.05, 3.63) is 178 Å². The van der Waals surface area contributed by atoms with Crippen LogP contribution in [0.25, 0.3) is 44.7 Å². The van der Waals surface area contributed by atoms with Gasteiger partial charge >= 0.3 is 317 Å². The van der Waals surface area contributed by atoms with Crippen LogP contribution in [0.4, 0.5) is 11.5 Å². The predicted octanol–water partition coefficient (Wildman–Crippen LogP) is 13.3. The average molecular weight is 952 g/mol. The first kappa shape index (κ1) is 38.7. The molecule has 0 saturated carbocycles. The molecule has 2 aromatic heterocycles. The zero-order chi connectivity index (χ0) is 40.9. The van der Waals surface area contributed by atoms with Gasteiger partial charge in [0.25, 0.3) is 0 Å². The van der Waals surface area contributed by atoms with Crippen molar-refractivity contribution in [2.45, 2.75) is 65.2 Å². The van der Waals surface area contributed by atoms with Gasteiger partial charge in [0.2, 0.25) is 0 Å². The third-order valence-corrected chi connectivity index (χ3v) is 12.3. The molecule has 3 heterocycles. The minimum absolute atomic E-state index is 0.0221. The molecule has 298 valence electrons. The molecule has 8 aromatic rings. The summed E-state index contributed by atoms with van der Waals surface area (Å²) in [6.45, 7) is 14.4. The van der Waals surface area contributed by atoms with Crippen LogP contribution < -0.4 is 9.64 Å². The molecule has 6 heteroatoms. The molecule has 0 N–H and O–H groups in total. The van der Waals surface area contributed by atoms with Gasteiger partial charge in [-0.1, -0.05) is 20.8 Å². The molecule has 0 radical (unpaired) electrons. The molecule has 0 amide bonds. The van der Waals surface area contributed by atoms with Crippen molar-refractivity contribution in [3.8, 4) is 45.1 Å². The molecule has 0 fully saturated rings. The molecule has 6 aromatic carbocycles. The topological polar surface area (TPSA) is 35.2 Å². The zero-order valence-electron chi connectivity index (χ0n) is 34.5. The van der Waals surface area contributed by atoms with Crippen LogP contribution in [0.15, 0.2) is 146 Å². The second kappa shape index (κ2) is 15.4. The maximum absolute atomic E-state index is 6.82. The van der Waals surface area contributed by atoms with Crippen molar-refractivity contribution >= 4 is 22.5 Å². The monoisotopic (exact) mass is 951 g/mol. The van der Waals surface area contributed by atoms with Crippen LogP contribution >= 0.6 is 0 Å². The molecule has 5 nitrogen and oxygen atoms in total. The number of ether oxygens (including phenoxy) is 1. The molecule has 59 heavy (non-hydrogen) atoms. The van der Waals surface area contributed by atoms with E-state index in [1.165, 1.54) is 11.1 Å². The maximum atomic E-state index is 6.82. The van der Waals surface area contributed by atoms with Gasteiger partial charge in [-0.25, -0.2) is 0 Å². The zero-order valence-corrected chi connectivity index (χ0v) is 36.8. The van der Waals surface area contributed by atoms with Crippen molar-refractivity contribution in [1.29, 1.82) is 0 Å². The number of aryl methyl sites for hydroxylation is 1. The Balaban J connectivity index is 1.20. The Kier molecular flexibility index (Phi) is 10.1. The molecule has 9 rings (SSSR count). The van der Waals surface area contributed by atoms with Gasteiger partial charge in [0.15, 0.2) is 0 Å². The van der Waals surface area contributed by atoms with E-state index < -0.39 is 0 Å². The first-order valence-corrected chi connectivity index (χ1v) is 21.6. The van der Waals surface area contributed by atoms with E-state index in [2.05, 4.69) is 221 Å². The van der Waals surface area contributed by atoms with E-state index >= 15 is 0 Å². The Morgan fingerprint density at radius 2 is 1.24 bits per heavy atom. The number of benzene rings is 6. The summed E-state index contributed by atoms with van der Waals surface area (Å²) in [5, 5.41) is 0. The second-order valence-corrected chi connectivity index (χ2v) is 18.4. The summed E-state index contributed by atoms with van der Waals surface area (Å²) in [6, 6.07) is 57.1. The van der Waals surface area contributed by atoms with E-state index in [1.54, 1.807) is 0 Å². The van der Waals surface area contributed by atoms with E-state index in [0.717, 1.165) is 84.9 Å². The van der Waals surface area contributed by atoms with E-state index in [1.807, 2.05) is 12.3 Å². The average Bonchev–Trinajstić information content (AvgIpc) is 3.54. The molecular weight excluding hydrogens is 904 g/mol. The molecule has 0 bridgehead atoms. The summed E-state index contributed by atoms with van der Waals surface area (Å²) in [6.07, 6.45) is 3.98. The standard InChI is InChI=1S/C53H48N4O.Pt/c1-52(2,3)40-28-29-54-50(33-40)55-30-16-21-39-26-27-43(35-49(39)55)58-44-32-41(53(4,5)6)31-42(34-44)56-36-57(48-25-14-13-24-47(48)56)51-45(37-17-9-7-10-18-37)22-15-23-46(51)38-19-11-8-12-20-38;/h7-15,17-20,22-29,31-33H,16,21,30H2,1-6H3;/q-2;. The summed E-state index contributed by atoms with van der Waals surface area (Å²) in [5.41, 5.74) is 13.4. The van der Waals surface area contributed by atoms with Crippen LogP contribution in [0.2, 0.25) is 0 Å². The molecule has 0 spiro atoms. The number of hydrogen-bond donors (Lipinski definition) is 0. The number of anilines is 2. The van der Waals surface area contributed by atoms with Crippen molar-refractivity contribution in [2.24, 2.45) is 0 Å². The third-order valence-electron chi connectivity index (χ3n) is 11.3. The Labute approximate surface area is 359 Å². The molecule has 0 unspecified atom stereocenters. The van der Waals surface area contributed by atoms with E-state index in [9.17, 15) is 0 Å². The van der Waals surface area contributed by atoms with Crippen molar-refractivity contribution in [2.75, 3.05) is 11.4 Å². The van der Waals surface area contributed by atoms with Crippen LogP contribution in [-0.4, -0.2) is 20.7 Å². The summed E-state index contributed by atoms with van der Waals surface area (Å²) in [5.74, 6) is 2.25. The number of pyridine rings is 1. The fourth-order valence-corrected chi connectivity index (χ4v) is 9.17. The molecule has 0 aliphatic carbocycles. The number of rotatable bonds is 7.